The largest absolute Gasteiger partial charge is 0.417 e. The first-order valence-electron chi connectivity index (χ1n) is 9.26. The molecule has 2 heterocycles. The van der Waals surface area contributed by atoms with Crippen LogP contribution in [0.2, 0.25) is 0 Å². The minimum atomic E-state index is -4.48. The highest BCUT2D eigenvalue weighted by Crippen LogP contribution is 2.30. The summed E-state index contributed by atoms with van der Waals surface area (Å²) in [6.07, 6.45) is -7.02. The van der Waals surface area contributed by atoms with E-state index in [2.05, 4.69) is 10.3 Å². The molecule has 2 aromatic rings. The summed E-state index contributed by atoms with van der Waals surface area (Å²) in [5.74, 6) is -0.0404. The SMILES string of the molecule is O=C(Cc1cccc(C(F)(F)F)c1)N[C@@H]1CCCN(c2ccc(C(F)(F)F)cn2)C1. The quantitative estimate of drug-likeness (QED) is 0.728. The van der Waals surface area contributed by atoms with Crippen LogP contribution < -0.4 is 10.2 Å². The molecule has 0 unspecified atom stereocenters. The fraction of sp³-hybridized carbons (Fsp3) is 0.400. The lowest BCUT2D eigenvalue weighted by atomic mass is 10.0. The number of pyridine rings is 1. The minimum absolute atomic E-state index is 0.195. The van der Waals surface area contributed by atoms with Crippen molar-refractivity contribution in [1.29, 1.82) is 0 Å². The number of halogens is 6. The second-order valence-electron chi connectivity index (χ2n) is 7.13. The molecule has 1 aromatic heterocycles. The third kappa shape index (κ3) is 5.64. The van der Waals surface area contributed by atoms with E-state index in [1.807, 2.05) is 0 Å². The van der Waals surface area contributed by atoms with Crippen LogP contribution in [0.25, 0.3) is 0 Å². The summed E-state index contributed by atoms with van der Waals surface area (Å²) in [4.78, 5) is 17.9. The number of carbonyl (C=O) groups is 1. The molecule has 0 radical (unpaired) electrons. The predicted octanol–water partition coefficient (Wildman–Crippen LogP) is 4.45. The summed E-state index contributed by atoms with van der Waals surface area (Å²) in [5, 5.41) is 2.79. The van der Waals surface area contributed by atoms with Crippen molar-refractivity contribution in [3.63, 3.8) is 0 Å². The zero-order valence-corrected chi connectivity index (χ0v) is 15.7. The van der Waals surface area contributed by atoms with Gasteiger partial charge in [-0.25, -0.2) is 4.98 Å². The molecule has 30 heavy (non-hydrogen) atoms. The Morgan fingerprint density at radius 2 is 1.80 bits per heavy atom. The summed E-state index contributed by atoms with van der Waals surface area (Å²) >= 11 is 0. The Morgan fingerprint density at radius 3 is 2.43 bits per heavy atom. The molecule has 0 spiro atoms. The van der Waals surface area contributed by atoms with Crippen molar-refractivity contribution < 1.29 is 31.1 Å². The topological polar surface area (TPSA) is 45.2 Å². The fourth-order valence-electron chi connectivity index (χ4n) is 3.37. The van der Waals surface area contributed by atoms with Crippen LogP contribution >= 0.6 is 0 Å². The normalized spacial score (nSPS) is 17.7. The Bertz CT molecular complexity index is 879. The van der Waals surface area contributed by atoms with E-state index in [0.29, 0.717) is 31.7 Å². The van der Waals surface area contributed by atoms with Gasteiger partial charge in [-0.1, -0.05) is 18.2 Å². The number of rotatable bonds is 4. The zero-order valence-electron chi connectivity index (χ0n) is 15.7. The molecule has 1 aliphatic heterocycles. The van der Waals surface area contributed by atoms with Gasteiger partial charge < -0.3 is 10.2 Å². The van der Waals surface area contributed by atoms with Gasteiger partial charge in [0.1, 0.15) is 5.82 Å². The second kappa shape index (κ2) is 8.53. The van der Waals surface area contributed by atoms with Crippen LogP contribution in [0, 0.1) is 0 Å². The van der Waals surface area contributed by atoms with Crippen LogP contribution in [0.5, 0.6) is 0 Å². The van der Waals surface area contributed by atoms with Gasteiger partial charge in [-0.05, 0) is 36.6 Å². The van der Waals surface area contributed by atoms with Crippen molar-refractivity contribution in [1.82, 2.24) is 10.3 Å². The van der Waals surface area contributed by atoms with E-state index in [4.69, 9.17) is 0 Å². The summed E-state index contributed by atoms with van der Waals surface area (Å²) < 4.78 is 76.4. The standard InChI is InChI=1S/C20H19F6N3O/c21-19(22,23)14-4-1-3-13(9-14)10-18(30)28-16-5-2-8-29(12-16)17-7-6-15(11-27-17)20(24,25)26/h1,3-4,6-7,9,11,16H,2,5,8,10,12H2,(H,28,30)/t16-/m1/s1. The summed E-state index contributed by atoms with van der Waals surface area (Å²) in [6.45, 7) is 0.936. The molecule has 1 aromatic carbocycles. The van der Waals surface area contributed by atoms with Crippen LogP contribution in [0.15, 0.2) is 42.6 Å². The molecule has 1 atom stereocenters. The van der Waals surface area contributed by atoms with Crippen LogP contribution in [0.4, 0.5) is 32.2 Å². The maximum atomic E-state index is 12.8. The molecule has 1 amide bonds. The monoisotopic (exact) mass is 431 g/mol. The first-order valence-corrected chi connectivity index (χ1v) is 9.26. The number of hydrogen-bond donors (Lipinski definition) is 1. The van der Waals surface area contributed by atoms with Crippen LogP contribution in [-0.2, 0) is 23.6 Å². The molecule has 1 saturated heterocycles. The molecule has 3 rings (SSSR count). The fourth-order valence-corrected chi connectivity index (χ4v) is 3.37. The van der Waals surface area contributed by atoms with Gasteiger partial charge >= 0.3 is 12.4 Å². The van der Waals surface area contributed by atoms with Crippen molar-refractivity contribution in [2.75, 3.05) is 18.0 Å². The highest BCUT2D eigenvalue weighted by Gasteiger charge is 2.32. The smallest absolute Gasteiger partial charge is 0.355 e. The summed E-state index contributed by atoms with van der Waals surface area (Å²) in [6, 6.07) is 6.56. The number of nitrogens with one attached hydrogen (secondary N) is 1. The van der Waals surface area contributed by atoms with Gasteiger partial charge in [0, 0.05) is 25.3 Å². The highest BCUT2D eigenvalue weighted by atomic mass is 19.4. The lowest BCUT2D eigenvalue weighted by Crippen LogP contribution is -2.48. The number of nitrogens with zero attached hydrogens (tertiary/aromatic N) is 2. The van der Waals surface area contributed by atoms with E-state index in [1.54, 1.807) is 4.90 Å². The number of anilines is 1. The van der Waals surface area contributed by atoms with Gasteiger partial charge in [0.2, 0.25) is 5.91 Å². The predicted molar refractivity (Wildman–Crippen MR) is 97.8 cm³/mol. The minimum Gasteiger partial charge on any atom is -0.355 e. The Hall–Kier alpha value is -2.78. The molecular weight excluding hydrogens is 412 g/mol. The molecule has 162 valence electrons. The van der Waals surface area contributed by atoms with E-state index in [1.165, 1.54) is 18.2 Å². The first-order chi connectivity index (χ1) is 14.0. The molecule has 0 aliphatic carbocycles. The lowest BCUT2D eigenvalue weighted by molar-refractivity contribution is -0.138. The van der Waals surface area contributed by atoms with E-state index >= 15 is 0 Å². The summed E-state index contributed by atoms with van der Waals surface area (Å²) in [7, 11) is 0. The number of piperidine rings is 1. The zero-order chi connectivity index (χ0) is 21.9. The Labute approximate surface area is 168 Å². The van der Waals surface area contributed by atoms with E-state index in [-0.39, 0.29) is 18.0 Å². The van der Waals surface area contributed by atoms with Gasteiger partial charge in [0.25, 0.3) is 0 Å². The number of carbonyl (C=O) groups excluding carboxylic acids is 1. The van der Waals surface area contributed by atoms with Crippen LogP contribution in [-0.4, -0.2) is 30.0 Å². The maximum absolute atomic E-state index is 12.8. The summed E-state index contributed by atoms with van der Waals surface area (Å²) in [5.41, 5.74) is -1.40. The Balaban J connectivity index is 1.59. The number of amides is 1. The van der Waals surface area contributed by atoms with Crippen molar-refractivity contribution in [3.05, 3.63) is 59.3 Å². The molecule has 0 bridgehead atoms. The number of benzene rings is 1. The number of aromatic nitrogens is 1. The number of hydrogen-bond acceptors (Lipinski definition) is 3. The van der Waals surface area contributed by atoms with E-state index in [0.717, 1.165) is 24.4 Å². The van der Waals surface area contributed by atoms with Crippen LogP contribution in [0.1, 0.15) is 29.5 Å². The maximum Gasteiger partial charge on any atom is 0.417 e. The average Bonchev–Trinajstić information content (AvgIpc) is 2.67. The highest BCUT2D eigenvalue weighted by molar-refractivity contribution is 5.79. The third-order valence-electron chi connectivity index (χ3n) is 4.80. The molecule has 1 fully saturated rings. The molecule has 1 N–H and O–H groups in total. The number of alkyl halides is 6. The third-order valence-corrected chi connectivity index (χ3v) is 4.80. The van der Waals surface area contributed by atoms with Crippen LogP contribution in [0.3, 0.4) is 0 Å². The molecule has 0 saturated carbocycles. The van der Waals surface area contributed by atoms with Crippen molar-refractivity contribution in [3.8, 4) is 0 Å². The Kier molecular flexibility index (Phi) is 6.23. The molecule has 1 aliphatic rings. The molecule has 4 nitrogen and oxygen atoms in total. The van der Waals surface area contributed by atoms with E-state index < -0.39 is 29.4 Å². The second-order valence-corrected chi connectivity index (χ2v) is 7.13. The van der Waals surface area contributed by atoms with Gasteiger partial charge in [-0.15, -0.1) is 0 Å². The lowest BCUT2D eigenvalue weighted by Gasteiger charge is -2.34. The first kappa shape index (κ1) is 21.9. The average molecular weight is 431 g/mol. The van der Waals surface area contributed by atoms with Crippen molar-refractivity contribution in [2.45, 2.75) is 37.7 Å². The van der Waals surface area contributed by atoms with Gasteiger partial charge in [0.15, 0.2) is 0 Å². The van der Waals surface area contributed by atoms with E-state index in [9.17, 15) is 31.1 Å². The molecular formula is C20H19F6N3O. The Morgan fingerprint density at radius 1 is 1.07 bits per heavy atom. The van der Waals surface area contributed by atoms with Crippen molar-refractivity contribution >= 4 is 11.7 Å². The molecule has 10 heteroatoms. The van der Waals surface area contributed by atoms with Gasteiger partial charge in [-0.2, -0.15) is 26.3 Å². The van der Waals surface area contributed by atoms with Gasteiger partial charge in [-0.3, -0.25) is 4.79 Å². The van der Waals surface area contributed by atoms with Gasteiger partial charge in [0.05, 0.1) is 17.5 Å². The van der Waals surface area contributed by atoms with Crippen molar-refractivity contribution in [2.24, 2.45) is 0 Å².